The van der Waals surface area contributed by atoms with Crippen LogP contribution in [0.5, 0.6) is 0 Å². The molecule has 0 aliphatic carbocycles. The van der Waals surface area contributed by atoms with E-state index in [1.807, 2.05) is 13.1 Å². The molecule has 0 saturated heterocycles. The molecule has 0 spiro atoms. The number of fused-ring (bicyclic) bond motifs is 3. The molecule has 0 unspecified atom stereocenters. The van der Waals surface area contributed by atoms with Crippen LogP contribution < -0.4 is 5.32 Å². The fourth-order valence-electron chi connectivity index (χ4n) is 4.35. The van der Waals surface area contributed by atoms with Crippen molar-refractivity contribution in [2.24, 2.45) is 0 Å². The molecular formula is C27H33N5O2. The SMILES string of the molecule is CCCCc1nc2c(NC)nc3cc(C(=O)OC)ccc3c2n1Cc1ccc(CN(C)C)cc1. The second-order valence-electron chi connectivity index (χ2n) is 8.90. The Morgan fingerprint density at radius 1 is 1.09 bits per heavy atom. The number of pyridine rings is 1. The standard InChI is InChI=1S/C27H33N5O2/c1-6-7-8-23-30-24-25(32(23)17-19-11-9-18(10-12-19)16-31(3)4)21-14-13-20(27(33)34-5)15-22(21)29-26(24)28-2/h9-15H,6-8,16-17H2,1-5H3,(H,28,29). The zero-order chi connectivity index (χ0) is 24.2. The molecule has 0 amide bonds. The molecule has 0 bridgehead atoms. The molecule has 7 heteroatoms. The van der Waals surface area contributed by atoms with Crippen LogP contribution >= 0.6 is 0 Å². The molecule has 0 atom stereocenters. The van der Waals surface area contributed by atoms with Crippen LogP contribution in [-0.2, 0) is 24.2 Å². The van der Waals surface area contributed by atoms with Gasteiger partial charge in [0.15, 0.2) is 5.82 Å². The summed E-state index contributed by atoms with van der Waals surface area (Å²) in [6.45, 7) is 3.83. The number of esters is 1. The molecule has 178 valence electrons. The number of carbonyl (C=O) groups is 1. The molecule has 2 aromatic carbocycles. The molecule has 0 saturated carbocycles. The summed E-state index contributed by atoms with van der Waals surface area (Å²) in [4.78, 5) is 24.1. The Hall–Kier alpha value is -3.45. The van der Waals surface area contributed by atoms with Crippen molar-refractivity contribution < 1.29 is 9.53 Å². The van der Waals surface area contributed by atoms with Crippen molar-refractivity contribution in [2.75, 3.05) is 33.6 Å². The number of imidazole rings is 1. The van der Waals surface area contributed by atoms with Gasteiger partial charge in [-0.15, -0.1) is 0 Å². The monoisotopic (exact) mass is 459 g/mol. The molecule has 0 aliphatic heterocycles. The number of rotatable bonds is 9. The van der Waals surface area contributed by atoms with Crippen LogP contribution in [0, 0.1) is 0 Å². The van der Waals surface area contributed by atoms with E-state index in [0.717, 1.165) is 60.1 Å². The minimum atomic E-state index is -0.371. The van der Waals surface area contributed by atoms with Crippen LogP contribution in [0.4, 0.5) is 5.82 Å². The number of hydrogen-bond donors (Lipinski definition) is 1. The van der Waals surface area contributed by atoms with E-state index in [-0.39, 0.29) is 5.97 Å². The van der Waals surface area contributed by atoms with Gasteiger partial charge in [0.1, 0.15) is 11.3 Å². The number of anilines is 1. The maximum atomic E-state index is 12.1. The minimum absolute atomic E-state index is 0.371. The van der Waals surface area contributed by atoms with E-state index in [1.165, 1.54) is 18.2 Å². The Labute approximate surface area is 200 Å². The van der Waals surface area contributed by atoms with Crippen LogP contribution in [-0.4, -0.2) is 53.7 Å². The highest BCUT2D eigenvalue weighted by Crippen LogP contribution is 2.32. The first-order valence-electron chi connectivity index (χ1n) is 11.8. The topological polar surface area (TPSA) is 72.3 Å². The quantitative estimate of drug-likeness (QED) is 0.360. The summed E-state index contributed by atoms with van der Waals surface area (Å²) in [5, 5.41) is 4.18. The van der Waals surface area contributed by atoms with Gasteiger partial charge in [-0.05, 0) is 49.8 Å². The Morgan fingerprint density at radius 2 is 1.82 bits per heavy atom. The molecule has 2 heterocycles. The number of unbranched alkanes of at least 4 members (excludes halogenated alkanes) is 1. The van der Waals surface area contributed by atoms with Crippen molar-refractivity contribution in [2.45, 2.75) is 39.3 Å². The minimum Gasteiger partial charge on any atom is -0.465 e. The van der Waals surface area contributed by atoms with Gasteiger partial charge in [0.2, 0.25) is 0 Å². The molecule has 34 heavy (non-hydrogen) atoms. The Morgan fingerprint density at radius 3 is 2.47 bits per heavy atom. The number of aromatic nitrogens is 3. The van der Waals surface area contributed by atoms with Gasteiger partial charge >= 0.3 is 5.97 Å². The number of hydrogen-bond acceptors (Lipinski definition) is 6. The molecule has 7 nitrogen and oxygen atoms in total. The van der Waals surface area contributed by atoms with Gasteiger partial charge in [0, 0.05) is 31.9 Å². The van der Waals surface area contributed by atoms with E-state index in [0.29, 0.717) is 11.4 Å². The van der Waals surface area contributed by atoms with E-state index in [9.17, 15) is 4.79 Å². The zero-order valence-electron chi connectivity index (χ0n) is 20.7. The lowest BCUT2D eigenvalue weighted by Crippen LogP contribution is -2.11. The van der Waals surface area contributed by atoms with Crippen molar-refractivity contribution in [1.82, 2.24) is 19.4 Å². The number of methoxy groups -OCH3 is 1. The summed E-state index contributed by atoms with van der Waals surface area (Å²) in [5.41, 5.74) is 5.63. The maximum absolute atomic E-state index is 12.1. The van der Waals surface area contributed by atoms with Crippen molar-refractivity contribution >= 4 is 33.7 Å². The highest BCUT2D eigenvalue weighted by Gasteiger charge is 2.19. The van der Waals surface area contributed by atoms with E-state index in [1.54, 1.807) is 12.1 Å². The van der Waals surface area contributed by atoms with Crippen LogP contribution in [0.2, 0.25) is 0 Å². The predicted octanol–water partition coefficient (Wildman–Crippen LogP) is 4.87. The van der Waals surface area contributed by atoms with E-state index >= 15 is 0 Å². The second-order valence-corrected chi connectivity index (χ2v) is 8.90. The summed E-state index contributed by atoms with van der Waals surface area (Å²) in [6, 6.07) is 14.3. The van der Waals surface area contributed by atoms with Gasteiger partial charge in [-0.25, -0.2) is 14.8 Å². The number of benzene rings is 2. The van der Waals surface area contributed by atoms with Gasteiger partial charge in [0.05, 0.1) is 23.7 Å². The molecule has 0 radical (unpaired) electrons. The zero-order valence-corrected chi connectivity index (χ0v) is 20.7. The average Bonchev–Trinajstić information content (AvgIpc) is 3.20. The van der Waals surface area contributed by atoms with Gasteiger partial charge in [0.25, 0.3) is 0 Å². The van der Waals surface area contributed by atoms with Gasteiger partial charge < -0.3 is 19.5 Å². The Balaban J connectivity index is 1.88. The molecule has 0 fully saturated rings. The van der Waals surface area contributed by atoms with Crippen LogP contribution in [0.15, 0.2) is 42.5 Å². The largest absolute Gasteiger partial charge is 0.465 e. The predicted molar refractivity (Wildman–Crippen MR) is 137 cm³/mol. The molecule has 0 aliphatic rings. The van der Waals surface area contributed by atoms with Crippen LogP contribution in [0.1, 0.15) is 47.1 Å². The first-order chi connectivity index (χ1) is 16.4. The van der Waals surface area contributed by atoms with Crippen molar-refractivity contribution in [1.29, 1.82) is 0 Å². The van der Waals surface area contributed by atoms with Crippen molar-refractivity contribution in [3.05, 3.63) is 65.0 Å². The summed E-state index contributed by atoms with van der Waals surface area (Å²) < 4.78 is 7.23. The number of ether oxygens (including phenoxy) is 1. The lowest BCUT2D eigenvalue weighted by molar-refractivity contribution is 0.0601. The Kier molecular flexibility index (Phi) is 7.12. The first kappa shape index (κ1) is 23.7. The summed E-state index contributed by atoms with van der Waals surface area (Å²) in [7, 11) is 7.40. The number of carbonyl (C=O) groups excluding carboxylic acids is 1. The molecule has 4 aromatic rings. The molecule has 1 N–H and O–H groups in total. The molecule has 2 aromatic heterocycles. The summed E-state index contributed by atoms with van der Waals surface area (Å²) >= 11 is 0. The van der Waals surface area contributed by atoms with Gasteiger partial charge in [-0.1, -0.05) is 37.6 Å². The Bertz CT molecular complexity index is 1310. The fraction of sp³-hybridized carbons (Fsp3) is 0.370. The first-order valence-corrected chi connectivity index (χ1v) is 11.8. The molecular weight excluding hydrogens is 426 g/mol. The third kappa shape index (κ3) is 4.75. The normalized spacial score (nSPS) is 11.5. The highest BCUT2D eigenvalue weighted by molar-refractivity contribution is 6.08. The lowest BCUT2D eigenvalue weighted by atomic mass is 10.1. The van der Waals surface area contributed by atoms with E-state index < -0.39 is 0 Å². The number of nitrogens with zero attached hydrogens (tertiary/aromatic N) is 4. The van der Waals surface area contributed by atoms with Gasteiger partial charge in [-0.3, -0.25) is 0 Å². The third-order valence-corrected chi connectivity index (χ3v) is 6.03. The van der Waals surface area contributed by atoms with E-state index in [4.69, 9.17) is 14.7 Å². The van der Waals surface area contributed by atoms with Crippen molar-refractivity contribution in [3.8, 4) is 0 Å². The van der Waals surface area contributed by atoms with Crippen LogP contribution in [0.25, 0.3) is 21.9 Å². The van der Waals surface area contributed by atoms with Crippen LogP contribution in [0.3, 0.4) is 0 Å². The molecule has 4 rings (SSSR count). The number of nitrogens with one attached hydrogen (secondary N) is 1. The van der Waals surface area contributed by atoms with E-state index in [2.05, 4.69) is 60.1 Å². The third-order valence-electron chi connectivity index (χ3n) is 6.03. The second kappa shape index (κ2) is 10.2. The lowest BCUT2D eigenvalue weighted by Gasteiger charge is -2.13. The van der Waals surface area contributed by atoms with Crippen molar-refractivity contribution in [3.63, 3.8) is 0 Å². The fourth-order valence-corrected chi connectivity index (χ4v) is 4.35. The maximum Gasteiger partial charge on any atom is 0.337 e. The highest BCUT2D eigenvalue weighted by atomic mass is 16.5. The average molecular weight is 460 g/mol. The summed E-state index contributed by atoms with van der Waals surface area (Å²) in [5.74, 6) is 1.39. The van der Waals surface area contributed by atoms with Gasteiger partial charge in [-0.2, -0.15) is 0 Å². The number of aryl methyl sites for hydroxylation is 1. The summed E-state index contributed by atoms with van der Waals surface area (Å²) in [6.07, 6.45) is 3.06. The smallest absolute Gasteiger partial charge is 0.337 e.